The number of nitrogens with zero attached hydrogens (tertiary/aromatic N) is 3. The van der Waals surface area contributed by atoms with Gasteiger partial charge in [0.25, 0.3) is 5.91 Å². The first kappa shape index (κ1) is 22.1. The molecule has 3 aromatic carbocycles. The van der Waals surface area contributed by atoms with Crippen molar-refractivity contribution in [3.8, 4) is 0 Å². The lowest BCUT2D eigenvalue weighted by Gasteiger charge is -2.36. The summed E-state index contributed by atoms with van der Waals surface area (Å²) in [5, 5.41) is 2.99. The Morgan fingerprint density at radius 2 is 1.74 bits per heavy atom. The van der Waals surface area contributed by atoms with E-state index in [4.69, 9.17) is 4.42 Å². The summed E-state index contributed by atoms with van der Waals surface area (Å²) in [7, 11) is 0. The highest BCUT2D eigenvalue weighted by Crippen LogP contribution is 2.21. The van der Waals surface area contributed by atoms with Gasteiger partial charge in [-0.3, -0.25) is 9.69 Å². The molecule has 0 aliphatic carbocycles. The molecule has 5 rings (SSSR count). The van der Waals surface area contributed by atoms with Crippen LogP contribution in [-0.4, -0.2) is 55.1 Å². The van der Waals surface area contributed by atoms with E-state index in [9.17, 15) is 9.18 Å². The van der Waals surface area contributed by atoms with Gasteiger partial charge in [0.15, 0.2) is 11.5 Å². The molecule has 0 saturated carbocycles. The molecule has 0 spiro atoms. The number of amides is 1. The third kappa shape index (κ3) is 5.10. The number of fused-ring (bicyclic) bond motifs is 1. The Morgan fingerprint density at radius 3 is 2.53 bits per heavy atom. The van der Waals surface area contributed by atoms with Crippen LogP contribution in [-0.2, 0) is 6.42 Å². The number of hydrogen-bond acceptors (Lipinski definition) is 5. The summed E-state index contributed by atoms with van der Waals surface area (Å²) in [6.45, 7) is 4.50. The van der Waals surface area contributed by atoms with Gasteiger partial charge in [-0.1, -0.05) is 42.5 Å². The van der Waals surface area contributed by atoms with Gasteiger partial charge in [-0.25, -0.2) is 9.37 Å². The largest absolute Gasteiger partial charge is 0.440 e. The lowest BCUT2D eigenvalue weighted by Crippen LogP contribution is -2.48. The number of carbonyl (C=O) groups is 1. The Bertz CT molecular complexity index is 1270. The van der Waals surface area contributed by atoms with Gasteiger partial charge in [0.2, 0.25) is 0 Å². The van der Waals surface area contributed by atoms with Crippen molar-refractivity contribution in [2.24, 2.45) is 0 Å². The summed E-state index contributed by atoms with van der Waals surface area (Å²) >= 11 is 0. The zero-order valence-corrected chi connectivity index (χ0v) is 18.9. The van der Waals surface area contributed by atoms with E-state index in [-0.39, 0.29) is 11.7 Å². The number of carbonyl (C=O) groups excluding carboxylic acids is 1. The van der Waals surface area contributed by atoms with E-state index in [1.54, 1.807) is 18.2 Å². The number of oxazole rings is 1. The smallest absolute Gasteiger partial charge is 0.251 e. The maximum atomic E-state index is 14.0. The number of halogens is 1. The Kier molecular flexibility index (Phi) is 6.53. The maximum absolute atomic E-state index is 14.0. The van der Waals surface area contributed by atoms with E-state index >= 15 is 0 Å². The van der Waals surface area contributed by atoms with Crippen molar-refractivity contribution in [3.63, 3.8) is 0 Å². The lowest BCUT2D eigenvalue weighted by atomic mass is 10.1. The summed E-state index contributed by atoms with van der Waals surface area (Å²) < 4.78 is 19.9. The third-order valence-electron chi connectivity index (χ3n) is 6.17. The molecule has 6 nitrogen and oxygen atoms in total. The summed E-state index contributed by atoms with van der Waals surface area (Å²) in [6, 6.07) is 22.3. The molecule has 1 aliphatic rings. The minimum Gasteiger partial charge on any atom is -0.440 e. The number of benzene rings is 3. The van der Waals surface area contributed by atoms with E-state index in [1.807, 2.05) is 48.5 Å². The maximum Gasteiger partial charge on any atom is 0.251 e. The normalized spacial score (nSPS) is 14.4. The monoisotopic (exact) mass is 458 g/mol. The van der Waals surface area contributed by atoms with Crippen LogP contribution in [0.2, 0.25) is 0 Å². The first-order valence-corrected chi connectivity index (χ1v) is 11.6. The number of anilines is 1. The molecule has 0 bridgehead atoms. The second kappa shape index (κ2) is 10.1. The molecule has 0 unspecified atom stereocenters. The Morgan fingerprint density at radius 1 is 0.971 bits per heavy atom. The quantitative estimate of drug-likeness (QED) is 0.452. The summed E-state index contributed by atoms with van der Waals surface area (Å²) in [5.41, 5.74) is 3.70. The van der Waals surface area contributed by atoms with Gasteiger partial charge in [-0.05, 0) is 35.9 Å². The highest BCUT2D eigenvalue weighted by Gasteiger charge is 2.19. The SMILES string of the molecule is O=C(NCCN1CCN(c2ccccc2F)CC1)c1ccc2nc(Cc3ccccc3)oc2c1. The van der Waals surface area contributed by atoms with Crippen LogP contribution in [0.5, 0.6) is 0 Å². The van der Waals surface area contributed by atoms with Crippen molar-refractivity contribution in [3.05, 3.63) is 95.6 Å². The number of nitrogens with one attached hydrogen (secondary N) is 1. The topological polar surface area (TPSA) is 61.6 Å². The number of para-hydroxylation sites is 1. The first-order chi connectivity index (χ1) is 16.7. The van der Waals surface area contributed by atoms with Crippen LogP contribution >= 0.6 is 0 Å². The van der Waals surface area contributed by atoms with Crippen LogP contribution < -0.4 is 10.2 Å². The standard InChI is InChI=1S/C27H27FN4O2/c28-22-8-4-5-9-24(22)32-16-14-31(15-17-32)13-12-29-27(33)21-10-11-23-25(19-21)34-26(30-23)18-20-6-2-1-3-7-20/h1-11,19H,12-18H2,(H,29,33). The second-order valence-corrected chi connectivity index (χ2v) is 8.49. The predicted octanol–water partition coefficient (Wildman–Crippen LogP) is 4.11. The fourth-order valence-electron chi connectivity index (χ4n) is 4.31. The number of hydrogen-bond donors (Lipinski definition) is 1. The van der Waals surface area contributed by atoms with Crippen molar-refractivity contribution in [1.82, 2.24) is 15.2 Å². The van der Waals surface area contributed by atoms with Crippen molar-refractivity contribution in [1.29, 1.82) is 0 Å². The summed E-state index contributed by atoms with van der Waals surface area (Å²) in [6.07, 6.45) is 0.612. The molecule has 1 fully saturated rings. The van der Waals surface area contributed by atoms with E-state index < -0.39 is 0 Å². The molecule has 1 saturated heterocycles. The van der Waals surface area contributed by atoms with Gasteiger partial charge in [0, 0.05) is 51.3 Å². The molecule has 1 aliphatic heterocycles. The summed E-state index contributed by atoms with van der Waals surface area (Å²) in [5.74, 6) is 0.320. The van der Waals surface area contributed by atoms with Gasteiger partial charge >= 0.3 is 0 Å². The molecule has 1 amide bonds. The Hall–Kier alpha value is -3.71. The molecule has 7 heteroatoms. The predicted molar refractivity (Wildman–Crippen MR) is 131 cm³/mol. The van der Waals surface area contributed by atoms with E-state index in [0.29, 0.717) is 35.7 Å². The minimum absolute atomic E-state index is 0.132. The fraction of sp³-hybridized carbons (Fsp3) is 0.259. The molecule has 1 aromatic heterocycles. The van der Waals surface area contributed by atoms with E-state index in [2.05, 4.69) is 20.1 Å². The van der Waals surface area contributed by atoms with Crippen LogP contribution in [0.15, 0.2) is 77.2 Å². The fourth-order valence-corrected chi connectivity index (χ4v) is 4.31. The van der Waals surface area contributed by atoms with Gasteiger partial charge in [-0.15, -0.1) is 0 Å². The zero-order valence-electron chi connectivity index (χ0n) is 18.9. The average molecular weight is 459 g/mol. The molecule has 4 aromatic rings. The lowest BCUT2D eigenvalue weighted by molar-refractivity contribution is 0.0947. The van der Waals surface area contributed by atoms with Gasteiger partial charge in [0.05, 0.1) is 5.69 Å². The van der Waals surface area contributed by atoms with Crippen LogP contribution in [0.1, 0.15) is 21.8 Å². The minimum atomic E-state index is -0.181. The average Bonchev–Trinajstić information content (AvgIpc) is 3.27. The molecule has 34 heavy (non-hydrogen) atoms. The summed E-state index contributed by atoms with van der Waals surface area (Å²) in [4.78, 5) is 21.6. The number of piperazine rings is 1. The van der Waals surface area contributed by atoms with Crippen LogP contribution in [0.3, 0.4) is 0 Å². The molecule has 174 valence electrons. The highest BCUT2D eigenvalue weighted by molar-refractivity contribution is 5.97. The van der Waals surface area contributed by atoms with Gasteiger partial charge in [-0.2, -0.15) is 0 Å². The van der Waals surface area contributed by atoms with Crippen molar-refractivity contribution < 1.29 is 13.6 Å². The van der Waals surface area contributed by atoms with Gasteiger partial charge in [0.1, 0.15) is 11.3 Å². The van der Waals surface area contributed by atoms with Crippen LogP contribution in [0, 0.1) is 5.82 Å². The molecule has 0 atom stereocenters. The van der Waals surface area contributed by atoms with Gasteiger partial charge < -0.3 is 14.6 Å². The van der Waals surface area contributed by atoms with Crippen molar-refractivity contribution in [2.75, 3.05) is 44.2 Å². The zero-order chi connectivity index (χ0) is 23.3. The molecule has 1 N–H and O–H groups in total. The highest BCUT2D eigenvalue weighted by atomic mass is 19.1. The molecule has 0 radical (unpaired) electrons. The molecular weight excluding hydrogens is 431 g/mol. The Balaban J connectivity index is 1.11. The Labute approximate surface area is 198 Å². The van der Waals surface area contributed by atoms with E-state index in [0.717, 1.165) is 43.8 Å². The second-order valence-electron chi connectivity index (χ2n) is 8.49. The first-order valence-electron chi connectivity index (χ1n) is 11.6. The van der Waals surface area contributed by atoms with Crippen LogP contribution in [0.4, 0.5) is 10.1 Å². The van der Waals surface area contributed by atoms with Crippen molar-refractivity contribution >= 4 is 22.7 Å². The number of rotatable bonds is 7. The van der Waals surface area contributed by atoms with Crippen molar-refractivity contribution in [2.45, 2.75) is 6.42 Å². The van der Waals surface area contributed by atoms with E-state index in [1.165, 1.54) is 6.07 Å². The number of aromatic nitrogens is 1. The molecule has 2 heterocycles. The molecular formula is C27H27FN4O2. The third-order valence-corrected chi connectivity index (χ3v) is 6.17. The van der Waals surface area contributed by atoms with Crippen LogP contribution in [0.25, 0.3) is 11.1 Å².